The molecule has 0 radical (unpaired) electrons. The number of methoxy groups -OCH3 is 1. The van der Waals surface area contributed by atoms with Crippen LogP contribution in [-0.2, 0) is 4.74 Å². The number of aryl methyl sites for hydroxylation is 1. The van der Waals surface area contributed by atoms with Gasteiger partial charge in [-0.1, -0.05) is 0 Å². The molecule has 0 aromatic carbocycles. The summed E-state index contributed by atoms with van der Waals surface area (Å²) in [5.74, 6) is 0. The summed E-state index contributed by atoms with van der Waals surface area (Å²) in [4.78, 5) is 1.01. The van der Waals surface area contributed by atoms with Crippen molar-refractivity contribution in [3.05, 3.63) is 21.9 Å². The quantitative estimate of drug-likeness (QED) is 0.752. The van der Waals surface area contributed by atoms with Crippen LogP contribution in [0.1, 0.15) is 16.5 Å². The predicted octanol–water partition coefficient (Wildman–Crippen LogP) is 1.74. The molecule has 11 heavy (non-hydrogen) atoms. The number of hydrogen-bond donors (Lipinski definition) is 1. The normalized spacial score (nSPS) is 13.4. The second kappa shape index (κ2) is 3.85. The van der Waals surface area contributed by atoms with Gasteiger partial charge in [-0.05, 0) is 23.9 Å². The van der Waals surface area contributed by atoms with Crippen molar-refractivity contribution in [1.82, 2.24) is 0 Å². The van der Waals surface area contributed by atoms with Crippen LogP contribution in [0.5, 0.6) is 0 Å². The Hall–Kier alpha value is -0.380. The monoisotopic (exact) mass is 172 g/mol. The number of ether oxygens (including phenoxy) is 1. The lowest BCUT2D eigenvalue weighted by molar-refractivity contribution is 0.0663. The number of aliphatic hydroxyl groups excluding tert-OH is 1. The van der Waals surface area contributed by atoms with Gasteiger partial charge in [-0.25, -0.2) is 0 Å². The summed E-state index contributed by atoms with van der Waals surface area (Å²) < 4.78 is 4.84. The topological polar surface area (TPSA) is 29.5 Å². The lowest BCUT2D eigenvalue weighted by Crippen LogP contribution is -2.03. The molecule has 1 atom stereocenters. The second-order valence-corrected chi connectivity index (χ2v) is 3.39. The second-order valence-electron chi connectivity index (χ2n) is 2.44. The fraction of sp³-hybridized carbons (Fsp3) is 0.500. The van der Waals surface area contributed by atoms with E-state index in [0.29, 0.717) is 6.61 Å². The molecule has 1 heterocycles. The molecule has 0 aliphatic rings. The predicted molar refractivity (Wildman–Crippen MR) is 45.9 cm³/mol. The molecule has 62 valence electrons. The maximum atomic E-state index is 9.48. The lowest BCUT2D eigenvalue weighted by atomic mass is 10.2. The summed E-state index contributed by atoms with van der Waals surface area (Å²) in [5.41, 5.74) is 1.14. The van der Waals surface area contributed by atoms with Crippen LogP contribution < -0.4 is 0 Å². The zero-order valence-electron chi connectivity index (χ0n) is 6.70. The maximum absolute atomic E-state index is 9.48. The Morgan fingerprint density at radius 2 is 2.45 bits per heavy atom. The van der Waals surface area contributed by atoms with Gasteiger partial charge in [0.15, 0.2) is 0 Å². The van der Waals surface area contributed by atoms with Crippen LogP contribution >= 0.6 is 11.3 Å². The van der Waals surface area contributed by atoms with E-state index in [4.69, 9.17) is 4.74 Å². The Labute approximate surface area is 70.4 Å². The van der Waals surface area contributed by atoms with Crippen molar-refractivity contribution in [3.63, 3.8) is 0 Å². The van der Waals surface area contributed by atoms with Crippen LogP contribution in [0.15, 0.2) is 11.4 Å². The molecule has 0 aliphatic heterocycles. The van der Waals surface area contributed by atoms with E-state index in [1.807, 2.05) is 18.4 Å². The molecule has 1 aromatic rings. The van der Waals surface area contributed by atoms with Gasteiger partial charge in [-0.15, -0.1) is 11.3 Å². The van der Waals surface area contributed by atoms with E-state index in [0.717, 1.165) is 10.4 Å². The van der Waals surface area contributed by atoms with Crippen molar-refractivity contribution in [2.24, 2.45) is 0 Å². The minimum atomic E-state index is -0.458. The molecular weight excluding hydrogens is 160 g/mol. The van der Waals surface area contributed by atoms with Gasteiger partial charge >= 0.3 is 0 Å². The minimum absolute atomic E-state index is 0.376. The largest absolute Gasteiger partial charge is 0.385 e. The van der Waals surface area contributed by atoms with E-state index in [1.54, 1.807) is 18.4 Å². The van der Waals surface area contributed by atoms with Gasteiger partial charge in [0.25, 0.3) is 0 Å². The van der Waals surface area contributed by atoms with Gasteiger partial charge in [-0.2, -0.15) is 0 Å². The highest BCUT2D eigenvalue weighted by molar-refractivity contribution is 7.10. The van der Waals surface area contributed by atoms with Gasteiger partial charge in [0.1, 0.15) is 6.10 Å². The Bertz CT molecular complexity index is 220. The van der Waals surface area contributed by atoms with E-state index in [9.17, 15) is 5.11 Å². The smallest absolute Gasteiger partial charge is 0.112 e. The highest BCUT2D eigenvalue weighted by Crippen LogP contribution is 2.23. The molecule has 3 heteroatoms. The molecule has 0 spiro atoms. The van der Waals surface area contributed by atoms with Gasteiger partial charge in [0.2, 0.25) is 0 Å². The van der Waals surface area contributed by atoms with Crippen molar-refractivity contribution in [2.45, 2.75) is 13.0 Å². The van der Waals surface area contributed by atoms with Gasteiger partial charge in [0.05, 0.1) is 6.61 Å². The van der Waals surface area contributed by atoms with Crippen molar-refractivity contribution in [2.75, 3.05) is 13.7 Å². The van der Waals surface area contributed by atoms with Crippen LogP contribution in [0.2, 0.25) is 0 Å². The summed E-state index contributed by atoms with van der Waals surface area (Å²) in [6.07, 6.45) is -0.458. The van der Waals surface area contributed by atoms with E-state index >= 15 is 0 Å². The first-order valence-electron chi connectivity index (χ1n) is 3.46. The molecule has 1 aromatic heterocycles. The van der Waals surface area contributed by atoms with Crippen molar-refractivity contribution in [1.29, 1.82) is 0 Å². The fourth-order valence-electron chi connectivity index (χ4n) is 0.959. The summed E-state index contributed by atoms with van der Waals surface area (Å²) in [6, 6.07) is 2.00. The molecular formula is C8H12O2S. The van der Waals surface area contributed by atoms with E-state index in [2.05, 4.69) is 0 Å². The van der Waals surface area contributed by atoms with E-state index < -0.39 is 6.10 Å². The molecule has 0 saturated carbocycles. The number of aliphatic hydroxyl groups is 1. The van der Waals surface area contributed by atoms with Gasteiger partial charge in [-0.3, -0.25) is 0 Å². The standard InChI is InChI=1S/C8H12O2S/c1-6-3-4-11-8(6)7(9)5-10-2/h3-4,7,9H,5H2,1-2H3. The van der Waals surface area contributed by atoms with Crippen LogP contribution in [0.25, 0.3) is 0 Å². The molecule has 1 N–H and O–H groups in total. The van der Waals surface area contributed by atoms with Gasteiger partial charge in [0, 0.05) is 12.0 Å². The summed E-state index contributed by atoms with van der Waals surface area (Å²) >= 11 is 1.57. The summed E-state index contributed by atoms with van der Waals surface area (Å²) in [5, 5.41) is 11.5. The molecule has 0 fully saturated rings. The summed E-state index contributed by atoms with van der Waals surface area (Å²) in [6.45, 7) is 2.37. The van der Waals surface area contributed by atoms with Crippen molar-refractivity contribution >= 4 is 11.3 Å². The molecule has 0 aliphatic carbocycles. The average Bonchev–Trinajstić information content (AvgIpc) is 2.36. The minimum Gasteiger partial charge on any atom is -0.385 e. The van der Waals surface area contributed by atoms with Crippen LogP contribution in [0.4, 0.5) is 0 Å². The Morgan fingerprint density at radius 3 is 2.91 bits per heavy atom. The Balaban J connectivity index is 2.67. The molecule has 1 rings (SSSR count). The van der Waals surface area contributed by atoms with Crippen molar-refractivity contribution < 1.29 is 9.84 Å². The third kappa shape index (κ3) is 2.02. The number of thiophene rings is 1. The van der Waals surface area contributed by atoms with Crippen LogP contribution in [0, 0.1) is 6.92 Å². The molecule has 0 saturated heterocycles. The molecule has 1 unspecified atom stereocenters. The third-order valence-corrected chi connectivity index (χ3v) is 2.65. The summed E-state index contributed by atoms with van der Waals surface area (Å²) in [7, 11) is 1.59. The molecule has 2 nitrogen and oxygen atoms in total. The van der Waals surface area contributed by atoms with Crippen LogP contribution in [-0.4, -0.2) is 18.8 Å². The molecule has 0 bridgehead atoms. The first-order chi connectivity index (χ1) is 5.25. The number of rotatable bonds is 3. The van der Waals surface area contributed by atoms with E-state index in [1.165, 1.54) is 0 Å². The highest BCUT2D eigenvalue weighted by atomic mass is 32.1. The van der Waals surface area contributed by atoms with Crippen LogP contribution in [0.3, 0.4) is 0 Å². The van der Waals surface area contributed by atoms with Crippen molar-refractivity contribution in [3.8, 4) is 0 Å². The van der Waals surface area contributed by atoms with Gasteiger partial charge < -0.3 is 9.84 Å². The highest BCUT2D eigenvalue weighted by Gasteiger charge is 2.10. The first-order valence-corrected chi connectivity index (χ1v) is 4.34. The average molecular weight is 172 g/mol. The maximum Gasteiger partial charge on any atom is 0.112 e. The third-order valence-electron chi connectivity index (χ3n) is 1.53. The zero-order chi connectivity index (χ0) is 8.27. The first kappa shape index (κ1) is 8.71. The Morgan fingerprint density at radius 1 is 1.73 bits per heavy atom. The SMILES string of the molecule is COCC(O)c1sccc1C. The Kier molecular flexibility index (Phi) is 3.05. The van der Waals surface area contributed by atoms with E-state index in [-0.39, 0.29) is 0 Å². The molecule has 0 amide bonds. The lowest BCUT2D eigenvalue weighted by Gasteiger charge is -2.07. The number of hydrogen-bond acceptors (Lipinski definition) is 3. The zero-order valence-corrected chi connectivity index (χ0v) is 7.52. The fourth-order valence-corrected chi connectivity index (χ4v) is 1.86.